The van der Waals surface area contributed by atoms with Crippen LogP contribution in [-0.2, 0) is 11.2 Å². The first kappa shape index (κ1) is 11.1. The second-order valence-corrected chi connectivity index (χ2v) is 4.44. The molecule has 0 aromatic heterocycles. The Bertz CT molecular complexity index is 401. The summed E-state index contributed by atoms with van der Waals surface area (Å²) in [6.07, 6.45) is 2.46. The topological polar surface area (TPSA) is 55.1 Å². The van der Waals surface area contributed by atoms with Crippen molar-refractivity contribution in [3.05, 3.63) is 29.3 Å². The minimum absolute atomic E-state index is 0.121. The van der Waals surface area contributed by atoms with Crippen LogP contribution in [-0.4, -0.2) is 12.5 Å². The molecule has 3 nitrogen and oxygen atoms in total. The molecule has 1 unspecified atom stereocenters. The molecule has 16 heavy (non-hydrogen) atoms. The molecule has 1 aliphatic heterocycles. The lowest BCUT2D eigenvalue weighted by Gasteiger charge is -2.19. The van der Waals surface area contributed by atoms with E-state index >= 15 is 0 Å². The molecule has 86 valence electrons. The highest BCUT2D eigenvalue weighted by molar-refractivity contribution is 5.93. The van der Waals surface area contributed by atoms with Crippen LogP contribution in [0.4, 0.5) is 5.69 Å². The number of hydrogen-bond donors (Lipinski definition) is 2. The van der Waals surface area contributed by atoms with Crippen molar-refractivity contribution in [1.29, 1.82) is 0 Å². The number of benzene rings is 1. The summed E-state index contributed by atoms with van der Waals surface area (Å²) in [5.41, 5.74) is 9.11. The van der Waals surface area contributed by atoms with Gasteiger partial charge in [0.1, 0.15) is 0 Å². The van der Waals surface area contributed by atoms with Crippen LogP contribution in [0.1, 0.15) is 36.8 Å². The number of aryl methyl sites for hydroxylation is 1. The fourth-order valence-corrected chi connectivity index (χ4v) is 2.13. The third-order valence-corrected chi connectivity index (χ3v) is 3.19. The summed E-state index contributed by atoms with van der Waals surface area (Å²) in [6, 6.07) is 6.30. The van der Waals surface area contributed by atoms with Crippen LogP contribution in [0.2, 0.25) is 0 Å². The predicted molar refractivity (Wildman–Crippen MR) is 65.5 cm³/mol. The van der Waals surface area contributed by atoms with Crippen LogP contribution >= 0.6 is 0 Å². The van der Waals surface area contributed by atoms with E-state index in [0.29, 0.717) is 12.3 Å². The molecule has 0 aliphatic carbocycles. The van der Waals surface area contributed by atoms with E-state index in [2.05, 4.69) is 24.4 Å². The molecule has 3 heteroatoms. The van der Waals surface area contributed by atoms with Gasteiger partial charge in [-0.25, -0.2) is 0 Å². The Morgan fingerprint density at radius 2 is 2.25 bits per heavy atom. The zero-order valence-corrected chi connectivity index (χ0v) is 9.62. The Labute approximate surface area is 96.0 Å². The number of rotatable bonds is 3. The van der Waals surface area contributed by atoms with Gasteiger partial charge in [-0.2, -0.15) is 0 Å². The number of fused-ring (bicyclic) bond motifs is 1. The van der Waals surface area contributed by atoms with Crippen LogP contribution in [0.25, 0.3) is 0 Å². The van der Waals surface area contributed by atoms with Crippen molar-refractivity contribution < 1.29 is 4.79 Å². The maximum absolute atomic E-state index is 11.2. The maximum atomic E-state index is 11.2. The number of carbonyl (C=O) groups is 1. The van der Waals surface area contributed by atoms with Crippen molar-refractivity contribution in [2.24, 2.45) is 5.73 Å². The fourth-order valence-electron chi connectivity index (χ4n) is 2.13. The van der Waals surface area contributed by atoms with Crippen LogP contribution in [0.5, 0.6) is 0 Å². The van der Waals surface area contributed by atoms with Gasteiger partial charge in [0.25, 0.3) is 0 Å². The molecule has 0 fully saturated rings. The second kappa shape index (κ2) is 4.66. The van der Waals surface area contributed by atoms with Crippen LogP contribution in [0.15, 0.2) is 18.2 Å². The first-order valence-corrected chi connectivity index (χ1v) is 5.83. The molecular formula is C13H18N2O. The van der Waals surface area contributed by atoms with Gasteiger partial charge in [0.2, 0.25) is 5.91 Å². The Balaban J connectivity index is 2.22. The number of hydrogen-bond acceptors (Lipinski definition) is 2. The van der Waals surface area contributed by atoms with E-state index in [1.54, 1.807) is 0 Å². The van der Waals surface area contributed by atoms with Crippen molar-refractivity contribution >= 4 is 11.6 Å². The lowest BCUT2D eigenvalue weighted by Crippen LogP contribution is -2.19. The SMILES string of the molecule is CC(CCN)c1ccc2c(c1)CCC(=O)N2. The minimum Gasteiger partial charge on any atom is -0.330 e. The summed E-state index contributed by atoms with van der Waals surface area (Å²) in [4.78, 5) is 11.2. The lowest BCUT2D eigenvalue weighted by molar-refractivity contribution is -0.116. The van der Waals surface area contributed by atoms with E-state index in [-0.39, 0.29) is 5.91 Å². The number of nitrogens with two attached hydrogens (primary N) is 1. The van der Waals surface area contributed by atoms with Crippen LogP contribution < -0.4 is 11.1 Å². The first-order chi connectivity index (χ1) is 7.70. The van der Waals surface area contributed by atoms with Gasteiger partial charge in [0, 0.05) is 12.1 Å². The Morgan fingerprint density at radius 1 is 1.44 bits per heavy atom. The van der Waals surface area contributed by atoms with Gasteiger partial charge >= 0.3 is 0 Å². The Morgan fingerprint density at radius 3 is 3.00 bits per heavy atom. The monoisotopic (exact) mass is 218 g/mol. The molecule has 1 aromatic carbocycles. The molecule has 1 aliphatic rings. The van der Waals surface area contributed by atoms with E-state index < -0.39 is 0 Å². The van der Waals surface area contributed by atoms with Gasteiger partial charge in [-0.3, -0.25) is 4.79 Å². The van der Waals surface area contributed by atoms with E-state index in [9.17, 15) is 4.79 Å². The number of nitrogens with one attached hydrogen (secondary N) is 1. The summed E-state index contributed by atoms with van der Waals surface area (Å²) in [6.45, 7) is 2.91. The summed E-state index contributed by atoms with van der Waals surface area (Å²) in [7, 11) is 0. The summed E-state index contributed by atoms with van der Waals surface area (Å²) < 4.78 is 0. The van der Waals surface area contributed by atoms with Gasteiger partial charge in [0.15, 0.2) is 0 Å². The average Bonchev–Trinajstić information content (AvgIpc) is 2.28. The molecule has 1 amide bonds. The summed E-state index contributed by atoms with van der Waals surface area (Å²) in [5.74, 6) is 0.614. The number of anilines is 1. The summed E-state index contributed by atoms with van der Waals surface area (Å²) >= 11 is 0. The molecule has 2 rings (SSSR count). The molecule has 0 bridgehead atoms. The van der Waals surface area contributed by atoms with Gasteiger partial charge in [-0.1, -0.05) is 19.1 Å². The largest absolute Gasteiger partial charge is 0.330 e. The number of amides is 1. The molecule has 1 atom stereocenters. The minimum atomic E-state index is 0.121. The van der Waals surface area contributed by atoms with Crippen molar-refractivity contribution in [3.8, 4) is 0 Å². The molecule has 1 heterocycles. The van der Waals surface area contributed by atoms with Crippen molar-refractivity contribution in [1.82, 2.24) is 0 Å². The van der Waals surface area contributed by atoms with Crippen molar-refractivity contribution in [2.45, 2.75) is 32.1 Å². The molecular weight excluding hydrogens is 200 g/mol. The highest BCUT2D eigenvalue weighted by Crippen LogP contribution is 2.27. The quantitative estimate of drug-likeness (QED) is 0.815. The van der Waals surface area contributed by atoms with Crippen molar-refractivity contribution in [3.63, 3.8) is 0 Å². The molecule has 3 N–H and O–H groups in total. The summed E-state index contributed by atoms with van der Waals surface area (Å²) in [5, 5.41) is 2.89. The Kier molecular flexibility index (Phi) is 3.25. The molecule has 0 spiro atoms. The maximum Gasteiger partial charge on any atom is 0.224 e. The van der Waals surface area contributed by atoms with E-state index in [1.165, 1.54) is 11.1 Å². The standard InChI is InChI=1S/C13H18N2O/c1-9(6-7-14)10-2-4-12-11(8-10)3-5-13(16)15-12/h2,4,8-9H,3,5-7,14H2,1H3,(H,15,16). The molecule has 0 radical (unpaired) electrons. The molecule has 1 aromatic rings. The first-order valence-electron chi connectivity index (χ1n) is 5.83. The second-order valence-electron chi connectivity index (χ2n) is 4.44. The van der Waals surface area contributed by atoms with Gasteiger partial charge in [0.05, 0.1) is 0 Å². The predicted octanol–water partition coefficient (Wildman–Crippen LogP) is 2.02. The van der Waals surface area contributed by atoms with Gasteiger partial charge < -0.3 is 11.1 Å². The smallest absolute Gasteiger partial charge is 0.224 e. The van der Waals surface area contributed by atoms with E-state index in [0.717, 1.165) is 25.1 Å². The van der Waals surface area contributed by atoms with Crippen LogP contribution in [0.3, 0.4) is 0 Å². The Hall–Kier alpha value is -1.35. The highest BCUT2D eigenvalue weighted by Gasteiger charge is 2.15. The lowest BCUT2D eigenvalue weighted by atomic mass is 9.93. The zero-order chi connectivity index (χ0) is 11.5. The molecule has 0 saturated heterocycles. The van der Waals surface area contributed by atoms with Crippen molar-refractivity contribution in [2.75, 3.05) is 11.9 Å². The third kappa shape index (κ3) is 2.25. The normalized spacial score (nSPS) is 16.5. The molecule has 0 saturated carbocycles. The van der Waals surface area contributed by atoms with E-state index in [4.69, 9.17) is 5.73 Å². The highest BCUT2D eigenvalue weighted by atomic mass is 16.1. The fraction of sp³-hybridized carbons (Fsp3) is 0.462. The van der Waals surface area contributed by atoms with Gasteiger partial charge in [-0.15, -0.1) is 0 Å². The number of carbonyl (C=O) groups excluding carboxylic acids is 1. The van der Waals surface area contributed by atoms with Crippen LogP contribution in [0, 0.1) is 0 Å². The third-order valence-electron chi connectivity index (χ3n) is 3.19. The van der Waals surface area contributed by atoms with E-state index in [1.807, 2.05) is 6.07 Å². The van der Waals surface area contributed by atoms with Gasteiger partial charge in [-0.05, 0) is 42.5 Å². The average molecular weight is 218 g/mol. The zero-order valence-electron chi connectivity index (χ0n) is 9.62.